The average Bonchev–Trinajstić information content (AvgIpc) is 2.78. The Hall–Kier alpha value is -2.79. The van der Waals surface area contributed by atoms with Gasteiger partial charge in [-0.2, -0.15) is 0 Å². The van der Waals surface area contributed by atoms with Gasteiger partial charge in [0, 0.05) is 37.5 Å². The maximum absolute atomic E-state index is 12.0. The van der Waals surface area contributed by atoms with Crippen molar-refractivity contribution in [3.63, 3.8) is 0 Å². The van der Waals surface area contributed by atoms with Gasteiger partial charge in [0.05, 0.1) is 11.3 Å². The topological polar surface area (TPSA) is 134 Å². The molecular weight excluding hydrogens is 452 g/mol. The molecule has 2 rings (SSSR count). The van der Waals surface area contributed by atoms with Crippen LogP contribution in [-0.2, 0) is 16.0 Å². The molecule has 9 nitrogen and oxygen atoms in total. The number of nitrogens with zero attached hydrogens (tertiary/aromatic N) is 2. The van der Waals surface area contributed by atoms with Gasteiger partial charge in [0.25, 0.3) is 0 Å². The summed E-state index contributed by atoms with van der Waals surface area (Å²) in [5.41, 5.74) is 0.0502. The molecule has 32 heavy (non-hydrogen) atoms. The highest BCUT2D eigenvalue weighted by Gasteiger charge is 2.14. The number of unbranched alkanes of at least 4 members (excludes halogenated alkanes) is 2. The molecule has 0 radical (unpaired) electrons. The fourth-order valence-corrected chi connectivity index (χ4v) is 4.55. The summed E-state index contributed by atoms with van der Waals surface area (Å²) in [6, 6.07) is 9.63. The molecule has 0 spiro atoms. The van der Waals surface area contributed by atoms with Crippen LogP contribution in [0.15, 0.2) is 47.6 Å². The summed E-state index contributed by atoms with van der Waals surface area (Å²) in [5.74, 6) is 0.0756. The van der Waals surface area contributed by atoms with Crippen molar-refractivity contribution in [1.29, 1.82) is 0 Å². The minimum absolute atomic E-state index is 0.00775. The van der Waals surface area contributed by atoms with Gasteiger partial charge in [0.2, 0.25) is 11.8 Å². The Morgan fingerprint density at radius 1 is 1.06 bits per heavy atom. The number of nitrogens with one attached hydrogen (secondary N) is 2. The summed E-state index contributed by atoms with van der Waals surface area (Å²) in [5, 5.41) is 26.9. The summed E-state index contributed by atoms with van der Waals surface area (Å²) >= 11 is 0. The highest BCUT2D eigenvalue weighted by molar-refractivity contribution is 8.76. The fourth-order valence-electron chi connectivity index (χ4n) is 2.68. The molecule has 0 aliphatic heterocycles. The van der Waals surface area contributed by atoms with Crippen molar-refractivity contribution >= 4 is 39.1 Å². The molecule has 11 heteroatoms. The third kappa shape index (κ3) is 10.0. The minimum atomic E-state index is -0.685. The molecule has 0 saturated heterocycles. The molecule has 1 heterocycles. The molecule has 3 N–H and O–H groups in total. The van der Waals surface area contributed by atoms with E-state index >= 15 is 0 Å². The first-order chi connectivity index (χ1) is 15.5. The number of phenolic OH excluding ortho intramolecular Hbond substituents is 1. The van der Waals surface area contributed by atoms with Gasteiger partial charge in [-0.05, 0) is 53.8 Å². The number of hydrogen-bond donors (Lipinski definition) is 3. The van der Waals surface area contributed by atoms with Gasteiger partial charge in [-0.25, -0.2) is 4.98 Å². The van der Waals surface area contributed by atoms with Crippen LogP contribution in [0, 0.1) is 10.1 Å². The Morgan fingerprint density at radius 2 is 1.81 bits per heavy atom. The standard InChI is InChI=1S/C21H26N4O5S2/c26-18-8-7-16(14-17(18)25(29)30)15-20(28)23-11-4-1-3-10-22-19(27)9-13-31-32-21-6-2-5-12-24-21/h2,5-8,12,14,26H,1,3-4,9-11,13,15H2,(H,22,27)(H,23,28). The number of carbonyl (C=O) groups is 2. The average molecular weight is 479 g/mol. The monoisotopic (exact) mass is 478 g/mol. The number of nitro benzene ring substituents is 1. The first-order valence-corrected chi connectivity index (χ1v) is 12.5. The van der Waals surface area contributed by atoms with E-state index in [1.165, 1.54) is 18.2 Å². The van der Waals surface area contributed by atoms with Crippen molar-refractivity contribution in [3.05, 3.63) is 58.3 Å². The number of phenols is 1. The van der Waals surface area contributed by atoms with E-state index in [9.17, 15) is 24.8 Å². The number of aromatic nitrogens is 1. The second kappa shape index (κ2) is 14.3. The van der Waals surface area contributed by atoms with Crippen LogP contribution < -0.4 is 10.6 Å². The van der Waals surface area contributed by atoms with Crippen LogP contribution in [-0.4, -0.2) is 45.7 Å². The van der Waals surface area contributed by atoms with Crippen molar-refractivity contribution < 1.29 is 19.6 Å². The van der Waals surface area contributed by atoms with Crippen LogP contribution in [0.1, 0.15) is 31.2 Å². The number of carbonyl (C=O) groups excluding carboxylic acids is 2. The number of benzene rings is 1. The molecule has 0 fully saturated rings. The van der Waals surface area contributed by atoms with Crippen molar-refractivity contribution in [2.75, 3.05) is 18.8 Å². The smallest absolute Gasteiger partial charge is 0.310 e. The van der Waals surface area contributed by atoms with Gasteiger partial charge in [0.1, 0.15) is 5.03 Å². The van der Waals surface area contributed by atoms with E-state index in [2.05, 4.69) is 15.6 Å². The summed E-state index contributed by atoms with van der Waals surface area (Å²) < 4.78 is 0. The lowest BCUT2D eigenvalue weighted by Crippen LogP contribution is -2.27. The molecule has 0 bridgehead atoms. The first-order valence-electron chi connectivity index (χ1n) is 10.2. The molecule has 0 aliphatic carbocycles. The SMILES string of the molecule is O=C(CCSSc1ccccn1)NCCCCCNC(=O)Cc1ccc(O)c([N+](=O)[O-])c1. The van der Waals surface area contributed by atoms with Gasteiger partial charge < -0.3 is 15.7 Å². The maximum Gasteiger partial charge on any atom is 0.310 e. The van der Waals surface area contributed by atoms with E-state index in [0.29, 0.717) is 30.8 Å². The normalized spacial score (nSPS) is 10.5. The Morgan fingerprint density at radius 3 is 2.50 bits per heavy atom. The number of hydrogen-bond acceptors (Lipinski definition) is 8. The van der Waals surface area contributed by atoms with Crippen LogP contribution in [0.2, 0.25) is 0 Å². The second-order valence-electron chi connectivity index (χ2n) is 6.84. The van der Waals surface area contributed by atoms with E-state index in [1.54, 1.807) is 27.8 Å². The molecule has 1 aromatic carbocycles. The van der Waals surface area contributed by atoms with Crippen molar-refractivity contribution in [3.8, 4) is 5.75 Å². The molecular formula is C21H26N4O5S2. The lowest BCUT2D eigenvalue weighted by Gasteiger charge is -2.07. The number of pyridine rings is 1. The van der Waals surface area contributed by atoms with E-state index in [0.717, 1.165) is 24.3 Å². The molecule has 172 valence electrons. The zero-order valence-electron chi connectivity index (χ0n) is 17.5. The van der Waals surface area contributed by atoms with Crippen LogP contribution in [0.25, 0.3) is 0 Å². The van der Waals surface area contributed by atoms with Gasteiger partial charge in [-0.3, -0.25) is 19.7 Å². The van der Waals surface area contributed by atoms with E-state index in [-0.39, 0.29) is 18.2 Å². The molecule has 0 unspecified atom stereocenters. The number of nitro groups is 1. The highest BCUT2D eigenvalue weighted by atomic mass is 33.1. The van der Waals surface area contributed by atoms with Crippen molar-refractivity contribution in [2.24, 2.45) is 0 Å². The molecule has 0 atom stereocenters. The van der Waals surface area contributed by atoms with Gasteiger partial charge in [0.15, 0.2) is 5.75 Å². The summed E-state index contributed by atoms with van der Waals surface area (Å²) in [6.45, 7) is 1.09. The Kier molecular flexibility index (Phi) is 11.4. The maximum atomic E-state index is 12.0. The third-order valence-corrected chi connectivity index (χ3v) is 6.56. The van der Waals surface area contributed by atoms with Crippen LogP contribution in [0.5, 0.6) is 5.75 Å². The third-order valence-electron chi connectivity index (χ3n) is 4.29. The van der Waals surface area contributed by atoms with Crippen molar-refractivity contribution in [1.82, 2.24) is 15.6 Å². The largest absolute Gasteiger partial charge is 0.502 e. The first kappa shape index (κ1) is 25.5. The van der Waals surface area contributed by atoms with Gasteiger partial charge in [-0.1, -0.05) is 22.9 Å². The Bertz CT molecular complexity index is 899. The molecule has 2 aromatic rings. The zero-order chi connectivity index (χ0) is 23.2. The highest BCUT2D eigenvalue weighted by Crippen LogP contribution is 2.29. The summed E-state index contributed by atoms with van der Waals surface area (Å²) in [7, 11) is 3.15. The second-order valence-corrected chi connectivity index (χ2v) is 9.28. The predicted molar refractivity (Wildman–Crippen MR) is 126 cm³/mol. The van der Waals surface area contributed by atoms with E-state index < -0.39 is 16.4 Å². The lowest BCUT2D eigenvalue weighted by atomic mass is 10.1. The van der Waals surface area contributed by atoms with E-state index in [4.69, 9.17) is 0 Å². The van der Waals surface area contributed by atoms with E-state index in [1.807, 2.05) is 18.2 Å². The quantitative estimate of drug-likeness (QED) is 0.163. The van der Waals surface area contributed by atoms with Crippen LogP contribution in [0.4, 0.5) is 5.69 Å². The molecule has 1 aromatic heterocycles. The number of amides is 2. The lowest BCUT2D eigenvalue weighted by molar-refractivity contribution is -0.385. The molecule has 2 amide bonds. The summed E-state index contributed by atoms with van der Waals surface area (Å²) in [4.78, 5) is 38.1. The predicted octanol–water partition coefficient (Wildman–Crippen LogP) is 3.47. The van der Waals surface area contributed by atoms with Gasteiger partial charge in [-0.15, -0.1) is 0 Å². The van der Waals surface area contributed by atoms with Crippen LogP contribution >= 0.6 is 21.6 Å². The van der Waals surface area contributed by atoms with Crippen LogP contribution in [0.3, 0.4) is 0 Å². The number of rotatable bonds is 14. The fraction of sp³-hybridized carbons (Fsp3) is 0.381. The Balaban J connectivity index is 1.47. The number of aromatic hydroxyl groups is 1. The van der Waals surface area contributed by atoms with Gasteiger partial charge >= 0.3 is 5.69 Å². The Labute approximate surface area is 194 Å². The summed E-state index contributed by atoms with van der Waals surface area (Å²) in [6.07, 6.45) is 4.65. The molecule has 0 aliphatic rings. The molecule has 0 saturated carbocycles. The van der Waals surface area contributed by atoms with Crippen molar-refractivity contribution in [2.45, 2.75) is 37.1 Å². The minimum Gasteiger partial charge on any atom is -0.502 e. The zero-order valence-corrected chi connectivity index (χ0v) is 19.1.